The van der Waals surface area contributed by atoms with Crippen LogP contribution in [0.5, 0.6) is 0 Å². The zero-order valence-corrected chi connectivity index (χ0v) is 15.5. The Morgan fingerprint density at radius 1 is 1.21 bits per heavy atom. The summed E-state index contributed by atoms with van der Waals surface area (Å²) in [6.07, 6.45) is 2.09. The van der Waals surface area contributed by atoms with E-state index in [0.29, 0.717) is 0 Å². The van der Waals surface area contributed by atoms with E-state index < -0.39 is 0 Å². The van der Waals surface area contributed by atoms with Gasteiger partial charge in [-0.05, 0) is 49.0 Å². The molecule has 0 radical (unpaired) electrons. The van der Waals surface area contributed by atoms with Crippen LogP contribution in [0.4, 0.5) is 5.69 Å². The highest BCUT2D eigenvalue weighted by Crippen LogP contribution is 2.22. The van der Waals surface area contributed by atoms with Crippen molar-refractivity contribution in [2.75, 3.05) is 55.7 Å². The molecule has 2 aliphatic heterocycles. The first kappa shape index (κ1) is 17.6. The highest BCUT2D eigenvalue weighted by Gasteiger charge is 2.21. The van der Waals surface area contributed by atoms with Gasteiger partial charge in [-0.3, -0.25) is 9.69 Å². The van der Waals surface area contributed by atoms with Gasteiger partial charge in [0.05, 0.1) is 0 Å². The van der Waals surface area contributed by atoms with Crippen LogP contribution in [0.2, 0.25) is 0 Å². The number of nitrogens with zero attached hydrogens (tertiary/aromatic N) is 2. The van der Waals surface area contributed by atoms with E-state index in [1.54, 1.807) is 0 Å². The largest absolute Gasteiger partial charge is 0.369 e. The molecule has 0 saturated carbocycles. The molecule has 2 heterocycles. The van der Waals surface area contributed by atoms with Crippen LogP contribution in [0.3, 0.4) is 0 Å². The lowest BCUT2D eigenvalue weighted by Crippen LogP contribution is -2.48. The zero-order chi connectivity index (χ0) is 16.8. The Morgan fingerprint density at radius 2 is 1.96 bits per heavy atom. The Balaban J connectivity index is 1.36. The van der Waals surface area contributed by atoms with E-state index in [0.717, 1.165) is 63.6 Å². The number of amides is 1. The standard InChI is InChI=1S/C19H29N3OS/c1-16-3-2-4-18(15-16)22-11-9-21(10-12-22)8-7-20-19(23)17-5-13-24-14-6-17/h2-4,15,17H,5-14H2,1H3,(H,20,23). The fourth-order valence-electron chi connectivity index (χ4n) is 3.50. The van der Waals surface area contributed by atoms with Crippen molar-refractivity contribution >= 4 is 23.4 Å². The maximum Gasteiger partial charge on any atom is 0.223 e. The van der Waals surface area contributed by atoms with E-state index in [4.69, 9.17) is 0 Å². The molecule has 0 aliphatic carbocycles. The molecule has 2 aliphatic rings. The van der Waals surface area contributed by atoms with Crippen molar-refractivity contribution in [2.45, 2.75) is 19.8 Å². The van der Waals surface area contributed by atoms with Gasteiger partial charge in [-0.2, -0.15) is 11.8 Å². The number of nitrogens with one attached hydrogen (secondary N) is 1. The molecular weight excluding hydrogens is 318 g/mol. The van der Waals surface area contributed by atoms with Crippen LogP contribution in [-0.4, -0.2) is 61.6 Å². The minimum Gasteiger partial charge on any atom is -0.369 e. The van der Waals surface area contributed by atoms with Crippen molar-refractivity contribution in [1.82, 2.24) is 10.2 Å². The van der Waals surface area contributed by atoms with Crippen molar-refractivity contribution in [3.05, 3.63) is 29.8 Å². The topological polar surface area (TPSA) is 35.6 Å². The Hall–Kier alpha value is -1.20. The summed E-state index contributed by atoms with van der Waals surface area (Å²) in [4.78, 5) is 17.1. The van der Waals surface area contributed by atoms with E-state index in [1.807, 2.05) is 11.8 Å². The van der Waals surface area contributed by atoms with Gasteiger partial charge in [0.25, 0.3) is 0 Å². The number of anilines is 1. The second-order valence-corrected chi connectivity index (χ2v) is 8.07. The summed E-state index contributed by atoms with van der Waals surface area (Å²) in [5.41, 5.74) is 2.65. The van der Waals surface area contributed by atoms with Crippen molar-refractivity contribution in [1.29, 1.82) is 0 Å². The molecule has 132 valence electrons. The lowest BCUT2D eigenvalue weighted by atomic mass is 10.0. The summed E-state index contributed by atoms with van der Waals surface area (Å²) < 4.78 is 0. The predicted octanol–water partition coefficient (Wildman–Crippen LogP) is 2.38. The van der Waals surface area contributed by atoms with Gasteiger partial charge in [-0.15, -0.1) is 0 Å². The lowest BCUT2D eigenvalue weighted by molar-refractivity contribution is -0.125. The number of carbonyl (C=O) groups is 1. The van der Waals surface area contributed by atoms with Crippen molar-refractivity contribution < 1.29 is 4.79 Å². The number of aryl methyl sites for hydroxylation is 1. The van der Waals surface area contributed by atoms with Crippen molar-refractivity contribution in [3.8, 4) is 0 Å². The molecule has 1 aromatic rings. The molecule has 3 rings (SSSR count). The summed E-state index contributed by atoms with van der Waals surface area (Å²) >= 11 is 1.97. The minimum absolute atomic E-state index is 0.254. The van der Waals surface area contributed by atoms with Gasteiger partial charge in [-0.25, -0.2) is 0 Å². The van der Waals surface area contributed by atoms with Crippen LogP contribution >= 0.6 is 11.8 Å². The van der Waals surface area contributed by atoms with Gasteiger partial charge in [0.2, 0.25) is 5.91 Å². The number of thioether (sulfide) groups is 1. The van der Waals surface area contributed by atoms with E-state index in [1.165, 1.54) is 11.3 Å². The van der Waals surface area contributed by atoms with Crippen LogP contribution in [-0.2, 0) is 4.79 Å². The van der Waals surface area contributed by atoms with Crippen LogP contribution in [0.1, 0.15) is 18.4 Å². The fraction of sp³-hybridized carbons (Fsp3) is 0.632. The third kappa shape index (κ3) is 4.90. The molecule has 5 heteroatoms. The normalized spacial score (nSPS) is 20.1. The van der Waals surface area contributed by atoms with Crippen molar-refractivity contribution in [2.24, 2.45) is 5.92 Å². The highest BCUT2D eigenvalue weighted by atomic mass is 32.2. The maximum atomic E-state index is 12.2. The number of carbonyl (C=O) groups excluding carboxylic acids is 1. The molecule has 0 atom stereocenters. The number of hydrogen-bond acceptors (Lipinski definition) is 4. The molecule has 4 nitrogen and oxygen atoms in total. The summed E-state index contributed by atoms with van der Waals surface area (Å²) in [5, 5.41) is 3.15. The summed E-state index contributed by atoms with van der Waals surface area (Å²) in [5.74, 6) is 2.80. The third-order valence-corrected chi connectivity index (χ3v) is 6.11. The van der Waals surface area contributed by atoms with Crippen LogP contribution < -0.4 is 10.2 Å². The lowest BCUT2D eigenvalue weighted by Gasteiger charge is -2.36. The Morgan fingerprint density at radius 3 is 2.67 bits per heavy atom. The van der Waals surface area contributed by atoms with Gasteiger partial charge in [0.1, 0.15) is 0 Å². The molecule has 1 N–H and O–H groups in total. The van der Waals surface area contributed by atoms with Crippen LogP contribution in [0.25, 0.3) is 0 Å². The first-order valence-electron chi connectivity index (χ1n) is 9.12. The maximum absolute atomic E-state index is 12.2. The molecule has 0 unspecified atom stereocenters. The first-order chi connectivity index (χ1) is 11.7. The summed E-state index contributed by atoms with van der Waals surface area (Å²) in [6.45, 7) is 8.18. The molecule has 1 aromatic carbocycles. The second kappa shape index (κ2) is 8.77. The third-order valence-electron chi connectivity index (χ3n) is 5.06. The van der Waals surface area contributed by atoms with Gasteiger partial charge < -0.3 is 10.2 Å². The number of hydrogen-bond donors (Lipinski definition) is 1. The van der Waals surface area contributed by atoms with Crippen LogP contribution in [0, 0.1) is 12.8 Å². The highest BCUT2D eigenvalue weighted by molar-refractivity contribution is 7.99. The Bertz CT molecular complexity index is 537. The summed E-state index contributed by atoms with van der Waals surface area (Å²) in [6, 6.07) is 8.74. The van der Waals surface area contributed by atoms with Gasteiger partial charge in [0, 0.05) is 50.9 Å². The van der Waals surface area contributed by atoms with Crippen molar-refractivity contribution in [3.63, 3.8) is 0 Å². The Kier molecular flexibility index (Phi) is 6.44. The molecule has 24 heavy (non-hydrogen) atoms. The number of benzene rings is 1. The number of rotatable bonds is 5. The van der Waals surface area contributed by atoms with E-state index in [9.17, 15) is 4.79 Å². The predicted molar refractivity (Wildman–Crippen MR) is 103 cm³/mol. The van der Waals surface area contributed by atoms with Crippen LogP contribution in [0.15, 0.2) is 24.3 Å². The van der Waals surface area contributed by atoms with E-state index in [2.05, 4.69) is 46.3 Å². The van der Waals surface area contributed by atoms with Gasteiger partial charge in [-0.1, -0.05) is 12.1 Å². The SMILES string of the molecule is Cc1cccc(N2CCN(CCNC(=O)C3CCSCC3)CC2)c1. The average molecular weight is 348 g/mol. The quantitative estimate of drug-likeness (QED) is 0.887. The fourth-order valence-corrected chi connectivity index (χ4v) is 4.60. The molecule has 0 aromatic heterocycles. The van der Waals surface area contributed by atoms with E-state index in [-0.39, 0.29) is 11.8 Å². The smallest absolute Gasteiger partial charge is 0.223 e. The monoisotopic (exact) mass is 347 g/mol. The van der Waals surface area contributed by atoms with E-state index >= 15 is 0 Å². The molecule has 2 saturated heterocycles. The zero-order valence-electron chi connectivity index (χ0n) is 14.7. The second-order valence-electron chi connectivity index (χ2n) is 6.85. The molecule has 0 spiro atoms. The van der Waals surface area contributed by atoms with Gasteiger partial charge in [0.15, 0.2) is 0 Å². The van der Waals surface area contributed by atoms with Gasteiger partial charge >= 0.3 is 0 Å². The molecule has 2 fully saturated rings. The first-order valence-corrected chi connectivity index (χ1v) is 10.3. The molecule has 1 amide bonds. The molecular formula is C19H29N3OS. The Labute approximate surface area is 150 Å². The minimum atomic E-state index is 0.254. The number of piperazine rings is 1. The summed E-state index contributed by atoms with van der Waals surface area (Å²) in [7, 11) is 0. The average Bonchev–Trinajstić information content (AvgIpc) is 2.63. The molecule has 0 bridgehead atoms.